The van der Waals surface area contributed by atoms with E-state index in [1.165, 1.54) is 9.21 Å². The van der Waals surface area contributed by atoms with E-state index in [9.17, 15) is 13.2 Å². The predicted octanol–water partition coefficient (Wildman–Crippen LogP) is 2.39. The zero-order valence-corrected chi connectivity index (χ0v) is 17.4. The van der Waals surface area contributed by atoms with E-state index in [0.717, 1.165) is 0 Å². The van der Waals surface area contributed by atoms with E-state index in [1.807, 2.05) is 20.8 Å². The molecule has 0 aliphatic heterocycles. The molecular weight excluding hydrogens is 354 g/mol. The van der Waals surface area contributed by atoms with Crippen LogP contribution in [0, 0.1) is 5.41 Å². The van der Waals surface area contributed by atoms with Crippen LogP contribution in [0.25, 0.3) is 0 Å². The van der Waals surface area contributed by atoms with Crippen LogP contribution in [-0.4, -0.2) is 64.5 Å². The molecule has 1 aromatic carbocycles. The van der Waals surface area contributed by atoms with E-state index in [-0.39, 0.29) is 16.3 Å². The molecule has 0 fully saturated rings. The summed E-state index contributed by atoms with van der Waals surface area (Å²) in [6.45, 7) is 7.06. The van der Waals surface area contributed by atoms with E-state index in [4.69, 9.17) is 4.74 Å². The Morgan fingerprint density at radius 2 is 1.77 bits per heavy atom. The van der Waals surface area contributed by atoms with Gasteiger partial charge in [-0.1, -0.05) is 20.8 Å². The maximum atomic E-state index is 12.9. The molecule has 0 saturated carbocycles. The number of rotatable bonds is 9. The molecule has 0 aliphatic carbocycles. The highest BCUT2D eigenvalue weighted by atomic mass is 32.2. The molecule has 1 aromatic rings. The van der Waals surface area contributed by atoms with E-state index in [0.29, 0.717) is 31.8 Å². The predicted molar refractivity (Wildman–Crippen MR) is 103 cm³/mol. The van der Waals surface area contributed by atoms with Crippen LogP contribution in [0.5, 0.6) is 5.75 Å². The summed E-state index contributed by atoms with van der Waals surface area (Å²) in [5.74, 6) is 0.615. The van der Waals surface area contributed by atoms with Gasteiger partial charge in [0.2, 0.25) is 10.0 Å². The first kappa shape index (κ1) is 22.2. The van der Waals surface area contributed by atoms with Gasteiger partial charge in [0, 0.05) is 33.7 Å². The third-order valence-corrected chi connectivity index (χ3v) is 6.07. The summed E-state index contributed by atoms with van der Waals surface area (Å²) in [5.41, 5.74) is -0.283. The molecule has 0 aromatic heterocycles. The number of nitrogens with zero attached hydrogens (tertiary/aromatic N) is 2. The third-order valence-electron chi connectivity index (χ3n) is 4.14. The fraction of sp³-hybridized carbons (Fsp3) is 0.611. The topological polar surface area (TPSA) is 79.0 Å². The fourth-order valence-electron chi connectivity index (χ4n) is 2.49. The van der Waals surface area contributed by atoms with Gasteiger partial charge in [-0.15, -0.1) is 0 Å². The van der Waals surface area contributed by atoms with E-state index >= 15 is 0 Å². The van der Waals surface area contributed by atoms with Gasteiger partial charge in [-0.05, 0) is 36.1 Å². The van der Waals surface area contributed by atoms with Crippen LogP contribution in [0.3, 0.4) is 0 Å². The first-order chi connectivity index (χ1) is 12.0. The molecular formula is C18H31N3O4S. The molecule has 0 atom stereocenters. The Kier molecular flexibility index (Phi) is 7.89. The smallest absolute Gasteiger partial charge is 0.316 e. The SMILES string of the molecule is CCN(CC(C)(C)CCNC(=O)N(C)C)S(=O)(=O)c1ccc(OC)cc1. The van der Waals surface area contributed by atoms with Crippen molar-refractivity contribution in [3.63, 3.8) is 0 Å². The fourth-order valence-corrected chi connectivity index (χ4v) is 4.12. The van der Waals surface area contributed by atoms with Crippen LogP contribution in [0.1, 0.15) is 27.2 Å². The highest BCUT2D eigenvalue weighted by molar-refractivity contribution is 7.89. The van der Waals surface area contributed by atoms with Gasteiger partial charge in [-0.3, -0.25) is 0 Å². The zero-order valence-electron chi connectivity index (χ0n) is 16.6. The Bertz CT molecular complexity index is 685. The molecule has 1 rings (SSSR count). The Hall–Kier alpha value is -1.80. The number of carbonyl (C=O) groups is 1. The number of amides is 2. The largest absolute Gasteiger partial charge is 0.497 e. The summed E-state index contributed by atoms with van der Waals surface area (Å²) < 4.78 is 32.4. The lowest BCUT2D eigenvalue weighted by Crippen LogP contribution is -2.41. The Labute approximate surface area is 157 Å². The summed E-state index contributed by atoms with van der Waals surface area (Å²) in [4.78, 5) is 13.3. The minimum atomic E-state index is -3.58. The average molecular weight is 386 g/mol. The average Bonchev–Trinajstić information content (AvgIpc) is 2.59. The summed E-state index contributed by atoms with van der Waals surface area (Å²) in [6, 6.07) is 6.24. The second kappa shape index (κ2) is 9.23. The summed E-state index contributed by atoms with van der Waals surface area (Å²) in [5, 5.41) is 2.82. The van der Waals surface area contributed by atoms with Crippen molar-refractivity contribution in [1.29, 1.82) is 0 Å². The normalized spacial score (nSPS) is 12.1. The number of ether oxygens (including phenoxy) is 1. The van der Waals surface area contributed by atoms with Gasteiger partial charge in [0.1, 0.15) is 5.75 Å². The molecule has 0 radical (unpaired) electrons. The van der Waals surface area contributed by atoms with Crippen LogP contribution in [-0.2, 0) is 10.0 Å². The summed E-state index contributed by atoms with van der Waals surface area (Å²) in [6.07, 6.45) is 0.668. The highest BCUT2D eigenvalue weighted by Crippen LogP contribution is 2.26. The molecule has 0 spiro atoms. The molecule has 1 N–H and O–H groups in total. The number of methoxy groups -OCH3 is 1. The molecule has 0 saturated heterocycles. The van der Waals surface area contributed by atoms with Crippen molar-refractivity contribution in [3.05, 3.63) is 24.3 Å². The number of hydrogen-bond donors (Lipinski definition) is 1. The quantitative estimate of drug-likeness (QED) is 0.708. The second-order valence-electron chi connectivity index (χ2n) is 7.15. The van der Waals surface area contributed by atoms with Crippen molar-refractivity contribution in [1.82, 2.24) is 14.5 Å². The lowest BCUT2D eigenvalue weighted by atomic mass is 9.89. The van der Waals surface area contributed by atoms with Gasteiger partial charge in [0.25, 0.3) is 0 Å². The molecule has 2 amide bonds. The molecule has 0 heterocycles. The standard InChI is InChI=1S/C18H31N3O4S/c1-7-21(14-18(2,3)12-13-19-17(22)20(4)5)26(23,24)16-10-8-15(25-6)9-11-16/h8-11H,7,12-14H2,1-6H3,(H,19,22). The van der Waals surface area contributed by atoms with Gasteiger partial charge >= 0.3 is 6.03 Å². The van der Waals surface area contributed by atoms with E-state index in [2.05, 4.69) is 5.32 Å². The minimum Gasteiger partial charge on any atom is -0.497 e. The molecule has 0 unspecified atom stereocenters. The molecule has 0 aliphatic rings. The number of nitrogens with one attached hydrogen (secondary N) is 1. The van der Waals surface area contributed by atoms with Crippen LogP contribution < -0.4 is 10.1 Å². The van der Waals surface area contributed by atoms with Gasteiger partial charge in [-0.25, -0.2) is 13.2 Å². The number of sulfonamides is 1. The lowest BCUT2D eigenvalue weighted by molar-refractivity contribution is 0.210. The molecule has 0 bridgehead atoms. The Morgan fingerprint density at radius 3 is 2.23 bits per heavy atom. The van der Waals surface area contributed by atoms with Crippen molar-refractivity contribution in [2.24, 2.45) is 5.41 Å². The summed E-state index contributed by atoms with van der Waals surface area (Å²) >= 11 is 0. The van der Waals surface area contributed by atoms with Crippen LogP contribution >= 0.6 is 0 Å². The minimum absolute atomic E-state index is 0.154. The highest BCUT2D eigenvalue weighted by Gasteiger charge is 2.29. The van der Waals surface area contributed by atoms with Gasteiger partial charge < -0.3 is 15.0 Å². The lowest BCUT2D eigenvalue weighted by Gasteiger charge is -2.31. The number of urea groups is 1. The number of benzene rings is 1. The Balaban J connectivity index is 2.80. The van der Waals surface area contributed by atoms with E-state index < -0.39 is 10.0 Å². The first-order valence-corrected chi connectivity index (χ1v) is 10.1. The van der Waals surface area contributed by atoms with Crippen molar-refractivity contribution < 1.29 is 17.9 Å². The van der Waals surface area contributed by atoms with Crippen LogP contribution in [0.15, 0.2) is 29.2 Å². The second-order valence-corrected chi connectivity index (χ2v) is 9.09. The molecule has 148 valence electrons. The molecule has 26 heavy (non-hydrogen) atoms. The first-order valence-electron chi connectivity index (χ1n) is 8.63. The van der Waals surface area contributed by atoms with Crippen molar-refractivity contribution >= 4 is 16.1 Å². The maximum absolute atomic E-state index is 12.9. The van der Waals surface area contributed by atoms with Gasteiger partial charge in [0.05, 0.1) is 12.0 Å². The van der Waals surface area contributed by atoms with Crippen molar-refractivity contribution in [3.8, 4) is 5.75 Å². The van der Waals surface area contributed by atoms with Crippen molar-refractivity contribution in [2.75, 3.05) is 40.8 Å². The monoisotopic (exact) mass is 385 g/mol. The Morgan fingerprint density at radius 1 is 1.19 bits per heavy atom. The maximum Gasteiger partial charge on any atom is 0.316 e. The van der Waals surface area contributed by atoms with Crippen molar-refractivity contribution in [2.45, 2.75) is 32.1 Å². The van der Waals surface area contributed by atoms with Gasteiger partial charge in [-0.2, -0.15) is 4.31 Å². The molecule has 7 nitrogen and oxygen atoms in total. The zero-order chi connectivity index (χ0) is 20.0. The number of carbonyl (C=O) groups excluding carboxylic acids is 1. The third kappa shape index (κ3) is 6.17. The van der Waals surface area contributed by atoms with E-state index in [1.54, 1.807) is 45.5 Å². The van der Waals surface area contributed by atoms with Gasteiger partial charge in [0.15, 0.2) is 0 Å². The van der Waals surface area contributed by atoms with Crippen LogP contribution in [0.4, 0.5) is 4.79 Å². The van der Waals surface area contributed by atoms with Crippen LogP contribution in [0.2, 0.25) is 0 Å². The summed E-state index contributed by atoms with van der Waals surface area (Å²) in [7, 11) is 1.32. The molecule has 8 heteroatoms. The number of hydrogen-bond acceptors (Lipinski definition) is 4.